The van der Waals surface area contributed by atoms with E-state index in [-0.39, 0.29) is 0 Å². The number of hydrogen-bond donors (Lipinski definition) is 1. The third kappa shape index (κ3) is 5.31. The molecule has 0 heterocycles. The molecule has 0 radical (unpaired) electrons. The van der Waals surface area contributed by atoms with Gasteiger partial charge in [-0.05, 0) is 60.9 Å². The molecule has 2 aromatic carbocycles. The fraction of sp³-hybridized carbons (Fsp3) is 0.429. The Hall–Kier alpha value is -1.60. The fourth-order valence-electron chi connectivity index (χ4n) is 2.78. The second kappa shape index (κ2) is 9.42. The maximum Gasteiger partial charge on any atom is -0.00772 e. The molecule has 1 nitrogen and oxygen atoms in total. The van der Waals surface area contributed by atoms with Gasteiger partial charge in [0.1, 0.15) is 0 Å². The Morgan fingerprint density at radius 2 is 1.09 bits per heavy atom. The molecule has 0 saturated heterocycles. The largest absolute Gasteiger partial charge is 0.330 e. The van der Waals surface area contributed by atoms with Crippen molar-refractivity contribution in [3.63, 3.8) is 0 Å². The maximum absolute atomic E-state index is 5.54. The fourth-order valence-corrected chi connectivity index (χ4v) is 2.78. The molecule has 118 valence electrons. The zero-order valence-corrected chi connectivity index (χ0v) is 13.9. The molecule has 0 aromatic heterocycles. The van der Waals surface area contributed by atoms with Crippen molar-refractivity contribution in [2.24, 2.45) is 5.73 Å². The van der Waals surface area contributed by atoms with Crippen molar-refractivity contribution in [2.45, 2.75) is 51.9 Å². The van der Waals surface area contributed by atoms with E-state index in [9.17, 15) is 0 Å². The summed E-state index contributed by atoms with van der Waals surface area (Å²) in [5.74, 6) is 0. The van der Waals surface area contributed by atoms with Crippen LogP contribution in [0.25, 0.3) is 11.1 Å². The number of rotatable bonds is 9. The number of benzene rings is 2. The molecule has 0 aliphatic carbocycles. The van der Waals surface area contributed by atoms with Crippen LogP contribution in [0.4, 0.5) is 0 Å². The van der Waals surface area contributed by atoms with Gasteiger partial charge in [-0.2, -0.15) is 0 Å². The number of hydrogen-bond acceptors (Lipinski definition) is 1. The molecule has 1 heteroatoms. The Kier molecular flexibility index (Phi) is 7.18. The van der Waals surface area contributed by atoms with Crippen molar-refractivity contribution in [1.29, 1.82) is 0 Å². The zero-order valence-electron chi connectivity index (χ0n) is 13.9. The van der Waals surface area contributed by atoms with Gasteiger partial charge in [-0.25, -0.2) is 0 Å². The van der Waals surface area contributed by atoms with Crippen LogP contribution in [0.15, 0.2) is 48.5 Å². The van der Waals surface area contributed by atoms with E-state index in [1.54, 1.807) is 0 Å². The van der Waals surface area contributed by atoms with E-state index in [1.807, 2.05) is 0 Å². The summed E-state index contributed by atoms with van der Waals surface area (Å²) in [6.07, 6.45) is 8.54. The highest BCUT2D eigenvalue weighted by atomic mass is 14.5. The highest BCUT2D eigenvalue weighted by Gasteiger charge is 2.00. The third-order valence-electron chi connectivity index (χ3n) is 4.23. The molecular weight excluding hydrogens is 266 g/mol. The lowest BCUT2D eigenvalue weighted by Gasteiger charge is -2.06. The third-order valence-corrected chi connectivity index (χ3v) is 4.23. The van der Waals surface area contributed by atoms with Crippen molar-refractivity contribution >= 4 is 0 Å². The first kappa shape index (κ1) is 16.8. The average molecular weight is 295 g/mol. The van der Waals surface area contributed by atoms with Crippen molar-refractivity contribution in [1.82, 2.24) is 0 Å². The van der Waals surface area contributed by atoms with Gasteiger partial charge in [0, 0.05) is 0 Å². The minimum Gasteiger partial charge on any atom is -0.330 e. The number of nitrogens with two attached hydrogens (primary N) is 1. The van der Waals surface area contributed by atoms with Crippen LogP contribution in [0.2, 0.25) is 0 Å². The highest BCUT2D eigenvalue weighted by molar-refractivity contribution is 5.63. The molecule has 0 aliphatic heterocycles. The van der Waals surface area contributed by atoms with Crippen LogP contribution in [-0.2, 0) is 12.8 Å². The molecule has 0 saturated carbocycles. The Balaban J connectivity index is 1.93. The van der Waals surface area contributed by atoms with E-state index in [4.69, 9.17) is 5.73 Å². The SMILES string of the molecule is CCCCCc1ccc(-c2ccc(CCCCN)cc2)cc1. The van der Waals surface area contributed by atoms with E-state index >= 15 is 0 Å². The second-order valence-corrected chi connectivity index (χ2v) is 6.10. The first-order valence-corrected chi connectivity index (χ1v) is 8.72. The minimum atomic E-state index is 0.794. The van der Waals surface area contributed by atoms with E-state index in [2.05, 4.69) is 55.5 Å². The van der Waals surface area contributed by atoms with Crippen molar-refractivity contribution in [3.8, 4) is 11.1 Å². The average Bonchev–Trinajstić information content (AvgIpc) is 2.57. The Bertz CT molecular complexity index is 473. The molecule has 0 bridgehead atoms. The summed E-state index contributed by atoms with van der Waals surface area (Å²) in [6, 6.07) is 18.0. The van der Waals surface area contributed by atoms with Gasteiger partial charge >= 0.3 is 0 Å². The molecule has 0 fully saturated rings. The van der Waals surface area contributed by atoms with Crippen LogP contribution in [0, 0.1) is 0 Å². The van der Waals surface area contributed by atoms with E-state index in [0.29, 0.717) is 0 Å². The van der Waals surface area contributed by atoms with E-state index in [0.717, 1.165) is 19.4 Å². The lowest BCUT2D eigenvalue weighted by Crippen LogP contribution is -1.98. The lowest BCUT2D eigenvalue weighted by atomic mass is 9.99. The predicted molar refractivity (Wildman–Crippen MR) is 97.1 cm³/mol. The molecule has 0 aliphatic rings. The highest BCUT2D eigenvalue weighted by Crippen LogP contribution is 2.21. The van der Waals surface area contributed by atoms with Gasteiger partial charge in [0.25, 0.3) is 0 Å². The van der Waals surface area contributed by atoms with Crippen molar-refractivity contribution in [3.05, 3.63) is 59.7 Å². The quantitative estimate of drug-likeness (QED) is 0.618. The summed E-state index contributed by atoms with van der Waals surface area (Å²) in [5.41, 5.74) is 11.0. The normalized spacial score (nSPS) is 10.8. The summed E-state index contributed by atoms with van der Waals surface area (Å²) >= 11 is 0. The van der Waals surface area contributed by atoms with E-state index in [1.165, 1.54) is 54.4 Å². The Morgan fingerprint density at radius 3 is 1.50 bits per heavy atom. The van der Waals surface area contributed by atoms with E-state index < -0.39 is 0 Å². The minimum absolute atomic E-state index is 0.794. The molecule has 2 rings (SSSR count). The molecule has 0 amide bonds. The van der Waals surface area contributed by atoms with Crippen LogP contribution in [0.5, 0.6) is 0 Å². The predicted octanol–water partition coefficient (Wildman–Crippen LogP) is 5.37. The van der Waals surface area contributed by atoms with Crippen molar-refractivity contribution in [2.75, 3.05) is 6.54 Å². The summed E-state index contributed by atoms with van der Waals surface area (Å²) in [7, 11) is 0. The topological polar surface area (TPSA) is 26.0 Å². The lowest BCUT2D eigenvalue weighted by molar-refractivity contribution is 0.717. The summed E-state index contributed by atoms with van der Waals surface area (Å²) in [6.45, 7) is 3.05. The molecule has 0 unspecified atom stereocenters. The van der Waals surface area contributed by atoms with Crippen LogP contribution in [0.3, 0.4) is 0 Å². The Labute approximate surface area is 135 Å². The molecule has 0 atom stereocenters. The smallest absolute Gasteiger partial charge is 0.00772 e. The van der Waals surface area contributed by atoms with Gasteiger partial charge in [-0.15, -0.1) is 0 Å². The van der Waals surface area contributed by atoms with Gasteiger partial charge in [-0.3, -0.25) is 0 Å². The van der Waals surface area contributed by atoms with Crippen LogP contribution in [0.1, 0.15) is 50.2 Å². The van der Waals surface area contributed by atoms with Gasteiger partial charge in [0.15, 0.2) is 0 Å². The first-order chi connectivity index (χ1) is 10.8. The second-order valence-electron chi connectivity index (χ2n) is 6.10. The van der Waals surface area contributed by atoms with Gasteiger partial charge in [0.05, 0.1) is 0 Å². The maximum atomic E-state index is 5.54. The summed E-state index contributed by atoms with van der Waals surface area (Å²) < 4.78 is 0. The zero-order chi connectivity index (χ0) is 15.6. The standard InChI is InChI=1S/C21H29N/c1-2-3-4-7-18-9-13-20(14-10-18)21-15-11-19(12-16-21)8-5-6-17-22/h9-16H,2-8,17,22H2,1H3. The summed E-state index contributed by atoms with van der Waals surface area (Å²) in [4.78, 5) is 0. The number of aryl methyl sites for hydroxylation is 2. The molecule has 0 spiro atoms. The van der Waals surface area contributed by atoms with Crippen LogP contribution < -0.4 is 5.73 Å². The van der Waals surface area contributed by atoms with Gasteiger partial charge in [-0.1, -0.05) is 68.3 Å². The first-order valence-electron chi connectivity index (χ1n) is 8.72. The Morgan fingerprint density at radius 1 is 0.636 bits per heavy atom. The van der Waals surface area contributed by atoms with Gasteiger partial charge < -0.3 is 5.73 Å². The molecule has 22 heavy (non-hydrogen) atoms. The summed E-state index contributed by atoms with van der Waals surface area (Å²) in [5, 5.41) is 0. The molecular formula is C21H29N. The van der Waals surface area contributed by atoms with Gasteiger partial charge in [0.2, 0.25) is 0 Å². The van der Waals surface area contributed by atoms with Crippen molar-refractivity contribution < 1.29 is 0 Å². The van der Waals surface area contributed by atoms with Crippen LogP contribution >= 0.6 is 0 Å². The number of unbranched alkanes of at least 4 members (excludes halogenated alkanes) is 3. The monoisotopic (exact) mass is 295 g/mol. The molecule has 2 N–H and O–H groups in total. The molecule has 2 aromatic rings. The van der Waals surface area contributed by atoms with Crippen LogP contribution in [-0.4, -0.2) is 6.54 Å².